The number of furan rings is 1. The minimum atomic E-state index is -0.194. The van der Waals surface area contributed by atoms with Crippen LogP contribution in [0.1, 0.15) is 35.5 Å². The highest BCUT2D eigenvalue weighted by molar-refractivity contribution is 5.91. The Morgan fingerprint density at radius 1 is 1.12 bits per heavy atom. The van der Waals surface area contributed by atoms with Gasteiger partial charge in [0.25, 0.3) is 5.91 Å². The van der Waals surface area contributed by atoms with Crippen molar-refractivity contribution in [2.24, 2.45) is 0 Å². The molecule has 0 radical (unpaired) electrons. The fourth-order valence-electron chi connectivity index (χ4n) is 3.11. The summed E-state index contributed by atoms with van der Waals surface area (Å²) in [5.41, 5.74) is 2.35. The summed E-state index contributed by atoms with van der Waals surface area (Å²) >= 11 is 0. The molecule has 1 N–H and O–H groups in total. The van der Waals surface area contributed by atoms with Crippen LogP contribution in [-0.4, -0.2) is 36.1 Å². The molecule has 1 aromatic heterocycles. The monoisotopic (exact) mass is 328 g/mol. The van der Waals surface area contributed by atoms with Crippen molar-refractivity contribution in [3.63, 3.8) is 0 Å². The molecule has 2 atom stereocenters. The minimum absolute atomic E-state index is 0.194. The molecule has 5 nitrogen and oxygen atoms in total. The molecule has 1 fully saturated rings. The standard InChI is InChI=1S/C19H24N2O3/c1-14-11-21(12-15(2)24-14)13-17-7-5-16(6-8-17)10-20-19(22)18-4-3-9-23-18/h3-9,14-15H,10-13H2,1-2H3,(H,20,22). The van der Waals surface area contributed by atoms with Gasteiger partial charge in [-0.1, -0.05) is 24.3 Å². The molecule has 1 aliphatic rings. The number of morpholine rings is 1. The van der Waals surface area contributed by atoms with Crippen LogP contribution in [-0.2, 0) is 17.8 Å². The molecule has 2 heterocycles. The van der Waals surface area contributed by atoms with Crippen LogP contribution < -0.4 is 5.32 Å². The van der Waals surface area contributed by atoms with Crippen LogP contribution >= 0.6 is 0 Å². The summed E-state index contributed by atoms with van der Waals surface area (Å²) in [6.45, 7) is 7.58. The van der Waals surface area contributed by atoms with E-state index >= 15 is 0 Å². The zero-order valence-electron chi connectivity index (χ0n) is 14.2. The van der Waals surface area contributed by atoms with Crippen molar-refractivity contribution in [2.45, 2.75) is 39.1 Å². The first-order valence-electron chi connectivity index (χ1n) is 8.37. The van der Waals surface area contributed by atoms with Gasteiger partial charge in [-0.2, -0.15) is 0 Å². The fourth-order valence-corrected chi connectivity index (χ4v) is 3.11. The normalized spacial score (nSPS) is 21.6. The average Bonchev–Trinajstić information content (AvgIpc) is 3.07. The molecule has 1 aromatic carbocycles. The molecule has 0 aliphatic carbocycles. The lowest BCUT2D eigenvalue weighted by Gasteiger charge is -2.35. The molecule has 2 unspecified atom stereocenters. The number of carbonyl (C=O) groups is 1. The molecule has 0 bridgehead atoms. The number of ether oxygens (including phenoxy) is 1. The largest absolute Gasteiger partial charge is 0.459 e. The third-order valence-electron chi connectivity index (χ3n) is 4.12. The van der Waals surface area contributed by atoms with Crippen LogP contribution in [0, 0.1) is 0 Å². The van der Waals surface area contributed by atoms with Crippen LogP contribution in [0.15, 0.2) is 47.1 Å². The molecule has 24 heavy (non-hydrogen) atoms. The number of hydrogen-bond donors (Lipinski definition) is 1. The molecule has 1 amide bonds. The van der Waals surface area contributed by atoms with Crippen LogP contribution in [0.5, 0.6) is 0 Å². The number of rotatable bonds is 5. The van der Waals surface area contributed by atoms with Gasteiger partial charge in [-0.05, 0) is 37.1 Å². The number of carbonyl (C=O) groups excluding carboxylic acids is 1. The Balaban J connectivity index is 1.51. The van der Waals surface area contributed by atoms with Crippen LogP contribution in [0.2, 0.25) is 0 Å². The maximum Gasteiger partial charge on any atom is 0.287 e. The van der Waals surface area contributed by atoms with Crippen molar-refractivity contribution >= 4 is 5.91 Å². The van der Waals surface area contributed by atoms with E-state index in [4.69, 9.17) is 9.15 Å². The second kappa shape index (κ2) is 7.64. The summed E-state index contributed by atoms with van der Waals surface area (Å²) in [6, 6.07) is 11.7. The van der Waals surface area contributed by atoms with Crippen molar-refractivity contribution in [1.82, 2.24) is 10.2 Å². The van der Waals surface area contributed by atoms with Gasteiger partial charge in [-0.25, -0.2) is 0 Å². The summed E-state index contributed by atoms with van der Waals surface area (Å²) in [6.07, 6.45) is 2.06. The number of amides is 1. The Hall–Kier alpha value is -2.11. The van der Waals surface area contributed by atoms with Gasteiger partial charge in [0, 0.05) is 26.2 Å². The van der Waals surface area contributed by atoms with Gasteiger partial charge in [-0.15, -0.1) is 0 Å². The average molecular weight is 328 g/mol. The topological polar surface area (TPSA) is 54.7 Å². The van der Waals surface area contributed by atoms with E-state index in [9.17, 15) is 4.79 Å². The van der Waals surface area contributed by atoms with Gasteiger partial charge in [0.1, 0.15) is 0 Å². The zero-order valence-corrected chi connectivity index (χ0v) is 14.2. The van der Waals surface area contributed by atoms with E-state index < -0.39 is 0 Å². The smallest absolute Gasteiger partial charge is 0.287 e. The Bertz CT molecular complexity index is 642. The summed E-state index contributed by atoms with van der Waals surface area (Å²) in [5.74, 6) is 0.141. The summed E-state index contributed by atoms with van der Waals surface area (Å²) in [7, 11) is 0. The second-order valence-corrected chi connectivity index (χ2v) is 6.43. The SMILES string of the molecule is CC1CN(Cc2ccc(CNC(=O)c3ccco3)cc2)CC(C)O1. The van der Waals surface area contributed by atoms with Gasteiger partial charge in [0.15, 0.2) is 5.76 Å². The Labute approximate surface area is 142 Å². The van der Waals surface area contributed by atoms with Crippen LogP contribution in [0.3, 0.4) is 0 Å². The molecular formula is C19H24N2O3. The van der Waals surface area contributed by atoms with Gasteiger partial charge in [0.05, 0.1) is 18.5 Å². The first-order chi connectivity index (χ1) is 11.6. The summed E-state index contributed by atoms with van der Waals surface area (Å²) in [4.78, 5) is 14.3. The maximum absolute atomic E-state index is 11.8. The highest BCUT2D eigenvalue weighted by Gasteiger charge is 2.21. The number of nitrogens with zero attached hydrogens (tertiary/aromatic N) is 1. The minimum Gasteiger partial charge on any atom is -0.459 e. The maximum atomic E-state index is 11.8. The molecular weight excluding hydrogens is 304 g/mol. The quantitative estimate of drug-likeness (QED) is 0.917. The molecule has 128 valence electrons. The molecule has 2 aromatic rings. The van der Waals surface area contributed by atoms with Crippen molar-refractivity contribution in [1.29, 1.82) is 0 Å². The lowest BCUT2D eigenvalue weighted by Crippen LogP contribution is -2.44. The van der Waals surface area contributed by atoms with Crippen molar-refractivity contribution in [2.75, 3.05) is 13.1 Å². The predicted octanol–water partition coefficient (Wildman–Crippen LogP) is 2.82. The molecule has 0 spiro atoms. The zero-order chi connectivity index (χ0) is 16.9. The Morgan fingerprint density at radius 3 is 2.42 bits per heavy atom. The second-order valence-electron chi connectivity index (χ2n) is 6.43. The fraction of sp³-hybridized carbons (Fsp3) is 0.421. The summed E-state index contributed by atoms with van der Waals surface area (Å²) < 4.78 is 10.8. The Morgan fingerprint density at radius 2 is 1.79 bits per heavy atom. The molecule has 0 saturated carbocycles. The van der Waals surface area contributed by atoms with Gasteiger partial charge in [-0.3, -0.25) is 9.69 Å². The van der Waals surface area contributed by atoms with E-state index in [1.54, 1.807) is 12.1 Å². The molecule has 1 saturated heterocycles. The number of nitrogens with one attached hydrogen (secondary N) is 1. The molecule has 1 aliphatic heterocycles. The predicted molar refractivity (Wildman–Crippen MR) is 91.6 cm³/mol. The molecule has 3 rings (SSSR count). The first-order valence-corrected chi connectivity index (χ1v) is 8.37. The lowest BCUT2D eigenvalue weighted by molar-refractivity contribution is -0.0704. The molecule has 5 heteroatoms. The third kappa shape index (κ3) is 4.46. The first kappa shape index (κ1) is 16.7. The van der Waals surface area contributed by atoms with Gasteiger partial charge < -0.3 is 14.5 Å². The lowest BCUT2D eigenvalue weighted by atomic mass is 10.1. The van der Waals surface area contributed by atoms with E-state index in [0.29, 0.717) is 12.3 Å². The van der Waals surface area contributed by atoms with E-state index in [1.165, 1.54) is 11.8 Å². The van der Waals surface area contributed by atoms with Crippen LogP contribution in [0.25, 0.3) is 0 Å². The van der Waals surface area contributed by atoms with Crippen molar-refractivity contribution in [3.05, 3.63) is 59.5 Å². The third-order valence-corrected chi connectivity index (χ3v) is 4.12. The highest BCUT2D eigenvalue weighted by atomic mass is 16.5. The van der Waals surface area contributed by atoms with E-state index in [-0.39, 0.29) is 18.1 Å². The van der Waals surface area contributed by atoms with Crippen molar-refractivity contribution in [3.8, 4) is 0 Å². The number of hydrogen-bond acceptors (Lipinski definition) is 4. The Kier molecular flexibility index (Phi) is 5.33. The number of benzene rings is 1. The van der Waals surface area contributed by atoms with Crippen LogP contribution in [0.4, 0.5) is 0 Å². The highest BCUT2D eigenvalue weighted by Crippen LogP contribution is 2.15. The summed E-state index contributed by atoms with van der Waals surface area (Å²) in [5, 5.41) is 2.85. The van der Waals surface area contributed by atoms with E-state index in [2.05, 4.69) is 48.3 Å². The van der Waals surface area contributed by atoms with Gasteiger partial charge in [0.2, 0.25) is 0 Å². The van der Waals surface area contributed by atoms with E-state index in [0.717, 1.165) is 25.2 Å². The van der Waals surface area contributed by atoms with Gasteiger partial charge >= 0.3 is 0 Å². The van der Waals surface area contributed by atoms with Crippen molar-refractivity contribution < 1.29 is 13.9 Å². The van der Waals surface area contributed by atoms with E-state index in [1.807, 2.05) is 0 Å².